The molecule has 7 N–H and O–H groups in total. The summed E-state index contributed by atoms with van der Waals surface area (Å²) < 4.78 is 5.80. The molecule has 0 aromatic carbocycles. The Hall–Kier alpha value is -1.16. The zero-order valence-electron chi connectivity index (χ0n) is 21.8. The molecule has 10 atom stereocenters. The van der Waals surface area contributed by atoms with Crippen LogP contribution in [-0.2, 0) is 14.3 Å². The van der Waals surface area contributed by atoms with Gasteiger partial charge in [0.15, 0.2) is 0 Å². The highest BCUT2D eigenvalue weighted by atomic mass is 35.5. The highest BCUT2D eigenvalue weighted by Gasteiger charge is 2.71. The number of fused-ring (bicyclic) bond motifs is 5. The lowest BCUT2D eigenvalue weighted by Crippen LogP contribution is -2.75. The number of esters is 1. The number of carboxylic acid groups (broad SMARTS) is 1. The van der Waals surface area contributed by atoms with E-state index in [1.807, 2.05) is 0 Å². The predicted octanol–water partition coefficient (Wildman–Crippen LogP) is 3.40. The Bertz CT molecular complexity index is 1010. The van der Waals surface area contributed by atoms with Crippen LogP contribution < -0.4 is 11.5 Å². The number of carbonyl (C=O) groups excluding carboxylic acids is 1. The lowest BCUT2D eigenvalue weighted by molar-refractivity contribution is -0.193. The number of nitrogens with two attached hydrogens (primary N) is 2. The number of carboxylic acids is 1. The summed E-state index contributed by atoms with van der Waals surface area (Å²) in [6, 6.07) is -0.380. The minimum absolute atomic E-state index is 0.0232. The Morgan fingerprint density at radius 1 is 1.16 bits per heavy atom. The van der Waals surface area contributed by atoms with Crippen LogP contribution in [0.5, 0.6) is 0 Å². The molecule has 0 amide bonds. The third-order valence-electron chi connectivity index (χ3n) is 10.5. The van der Waals surface area contributed by atoms with Crippen molar-refractivity contribution in [3.05, 3.63) is 21.7 Å². The van der Waals surface area contributed by atoms with Crippen LogP contribution in [0.1, 0.15) is 72.1 Å². The first kappa shape index (κ1) is 28.8. The van der Waals surface area contributed by atoms with Gasteiger partial charge in [-0.3, -0.25) is 4.79 Å². The van der Waals surface area contributed by atoms with Crippen molar-refractivity contribution in [3.8, 4) is 0 Å². The molecule has 0 radical (unpaired) electrons. The monoisotopic (exact) mass is 558 g/mol. The Morgan fingerprint density at radius 2 is 1.84 bits per heavy atom. The van der Waals surface area contributed by atoms with E-state index in [2.05, 4.69) is 13.8 Å². The van der Waals surface area contributed by atoms with Crippen LogP contribution in [0.25, 0.3) is 0 Å². The molecule has 0 spiro atoms. The SMILES string of the molecule is CC(=O)O[C@H]1C[C@@]2(C)[C@@H](C[C@@H](O)[C@H]3[C@@]4(C)CC[C@@H](O)[C@@H](N)[C@@H]4CC[C@@]32N)/C1=C(\CCC=C(Cl)Cl)C(=O)O. The van der Waals surface area contributed by atoms with Gasteiger partial charge in [-0.1, -0.05) is 43.1 Å². The van der Waals surface area contributed by atoms with E-state index in [4.69, 9.17) is 39.4 Å². The highest BCUT2D eigenvalue weighted by molar-refractivity contribution is 6.55. The summed E-state index contributed by atoms with van der Waals surface area (Å²) in [5.41, 5.74) is 12.7. The molecule has 4 saturated carbocycles. The number of allylic oxidation sites excluding steroid dienone is 1. The molecule has 8 nitrogen and oxygen atoms in total. The Morgan fingerprint density at radius 3 is 2.43 bits per heavy atom. The van der Waals surface area contributed by atoms with Crippen molar-refractivity contribution in [2.75, 3.05) is 0 Å². The smallest absolute Gasteiger partial charge is 0.331 e. The molecular formula is C27H40Cl2N2O6. The quantitative estimate of drug-likeness (QED) is 0.254. The third kappa shape index (κ3) is 4.55. The summed E-state index contributed by atoms with van der Waals surface area (Å²) in [6.45, 7) is 5.52. The fourth-order valence-corrected chi connectivity index (χ4v) is 9.13. The first-order chi connectivity index (χ1) is 17.2. The molecule has 0 aliphatic heterocycles. The third-order valence-corrected chi connectivity index (χ3v) is 10.8. The number of aliphatic hydroxyl groups is 2. The number of rotatable bonds is 5. The summed E-state index contributed by atoms with van der Waals surface area (Å²) in [5, 5.41) is 32.4. The second-order valence-electron chi connectivity index (χ2n) is 12.2. The van der Waals surface area contributed by atoms with Crippen molar-refractivity contribution in [3.63, 3.8) is 0 Å². The minimum Gasteiger partial charge on any atom is -0.478 e. The second-order valence-corrected chi connectivity index (χ2v) is 13.2. The van der Waals surface area contributed by atoms with E-state index in [-0.39, 0.29) is 45.7 Å². The van der Waals surface area contributed by atoms with E-state index in [1.165, 1.54) is 6.92 Å². The summed E-state index contributed by atoms with van der Waals surface area (Å²) >= 11 is 11.5. The number of halogens is 2. The van der Waals surface area contributed by atoms with E-state index in [0.717, 1.165) is 0 Å². The van der Waals surface area contributed by atoms with Crippen molar-refractivity contribution in [2.45, 2.75) is 102 Å². The van der Waals surface area contributed by atoms with Gasteiger partial charge in [-0.05, 0) is 79.6 Å². The van der Waals surface area contributed by atoms with Gasteiger partial charge >= 0.3 is 11.9 Å². The molecule has 0 bridgehead atoms. The van der Waals surface area contributed by atoms with Gasteiger partial charge in [-0.15, -0.1) is 0 Å². The summed E-state index contributed by atoms with van der Waals surface area (Å²) in [5.74, 6) is -2.24. The fraction of sp³-hybridized carbons (Fsp3) is 0.778. The van der Waals surface area contributed by atoms with Gasteiger partial charge in [0.05, 0.1) is 12.2 Å². The van der Waals surface area contributed by atoms with Crippen molar-refractivity contribution >= 4 is 35.1 Å². The topological polar surface area (TPSA) is 156 Å². The van der Waals surface area contributed by atoms with Crippen LogP contribution in [0.4, 0.5) is 0 Å². The van der Waals surface area contributed by atoms with Gasteiger partial charge in [0, 0.05) is 30.0 Å². The number of aliphatic carboxylic acids is 1. The Kier molecular flexibility index (Phi) is 7.87. The molecule has 0 saturated heterocycles. The molecule has 4 rings (SSSR count). The summed E-state index contributed by atoms with van der Waals surface area (Å²) in [6.07, 6.45) is 3.12. The van der Waals surface area contributed by atoms with Crippen molar-refractivity contribution in [1.82, 2.24) is 0 Å². The Balaban J connectivity index is 1.82. The van der Waals surface area contributed by atoms with Crippen LogP contribution >= 0.6 is 23.2 Å². The molecule has 4 aliphatic rings. The molecule has 10 heteroatoms. The first-order valence-corrected chi connectivity index (χ1v) is 14.0. The molecule has 0 heterocycles. The lowest BCUT2D eigenvalue weighted by Gasteiger charge is -2.68. The Labute approximate surface area is 228 Å². The lowest BCUT2D eigenvalue weighted by atomic mass is 9.39. The van der Waals surface area contributed by atoms with E-state index in [9.17, 15) is 24.9 Å². The van der Waals surface area contributed by atoms with Crippen LogP contribution in [0.15, 0.2) is 21.7 Å². The van der Waals surface area contributed by atoms with Crippen molar-refractivity contribution < 1.29 is 29.6 Å². The molecule has 4 aliphatic carbocycles. The molecule has 208 valence electrons. The van der Waals surface area contributed by atoms with Crippen LogP contribution in [0, 0.1) is 28.6 Å². The maximum Gasteiger partial charge on any atom is 0.331 e. The number of ether oxygens (including phenoxy) is 1. The van der Waals surface area contributed by atoms with Crippen LogP contribution in [0.3, 0.4) is 0 Å². The fourth-order valence-electron chi connectivity index (χ4n) is 8.91. The molecule has 0 aromatic rings. The number of carbonyl (C=O) groups is 2. The highest BCUT2D eigenvalue weighted by Crippen LogP contribution is 2.69. The number of hydrogen-bond acceptors (Lipinski definition) is 7. The van der Waals surface area contributed by atoms with Gasteiger partial charge in [-0.25, -0.2) is 4.79 Å². The number of hydrogen-bond donors (Lipinski definition) is 5. The average molecular weight is 560 g/mol. The van der Waals surface area contributed by atoms with Gasteiger partial charge < -0.3 is 31.5 Å². The maximum absolute atomic E-state index is 12.5. The van der Waals surface area contributed by atoms with Crippen LogP contribution in [0.2, 0.25) is 0 Å². The summed E-state index contributed by atoms with van der Waals surface area (Å²) in [4.78, 5) is 24.6. The van der Waals surface area contributed by atoms with Gasteiger partial charge in [0.1, 0.15) is 10.6 Å². The van der Waals surface area contributed by atoms with Crippen molar-refractivity contribution in [1.29, 1.82) is 0 Å². The molecule has 0 aromatic heterocycles. The second kappa shape index (κ2) is 10.1. The normalized spacial score (nSPS) is 46.2. The minimum atomic E-state index is -1.10. The maximum atomic E-state index is 12.5. The largest absolute Gasteiger partial charge is 0.478 e. The molecule has 4 fully saturated rings. The van der Waals surface area contributed by atoms with Crippen LogP contribution in [-0.4, -0.2) is 57.2 Å². The standard InChI is InChI=1S/C27H40Cl2N2O6/c1-13(32)37-19-12-26(3)16(21(19)14(24(35)36)5-4-6-20(28)29)11-18(34)23-25(2)9-8-17(33)22(30)15(25)7-10-27(23,26)31/h6,15-19,22-23,33-34H,4-5,7-12,30-31H2,1-3H3,(H,35,36)/b21-14-/t15-,16-,17+,18+,19-,22-,23-,25-,26-,27+/m0/s1. The number of aliphatic hydroxyl groups excluding tert-OH is 2. The van der Waals surface area contributed by atoms with Gasteiger partial charge in [-0.2, -0.15) is 0 Å². The first-order valence-electron chi connectivity index (χ1n) is 13.2. The van der Waals surface area contributed by atoms with Crippen molar-refractivity contribution in [2.24, 2.45) is 40.1 Å². The van der Waals surface area contributed by atoms with Gasteiger partial charge in [0.2, 0.25) is 0 Å². The zero-order chi connectivity index (χ0) is 27.5. The van der Waals surface area contributed by atoms with E-state index in [1.54, 1.807) is 6.08 Å². The van der Waals surface area contributed by atoms with E-state index < -0.39 is 41.2 Å². The molecule has 37 heavy (non-hydrogen) atoms. The molecule has 0 unspecified atom stereocenters. The summed E-state index contributed by atoms with van der Waals surface area (Å²) in [7, 11) is 0. The molecular weight excluding hydrogens is 519 g/mol. The predicted molar refractivity (Wildman–Crippen MR) is 141 cm³/mol. The van der Waals surface area contributed by atoms with E-state index in [0.29, 0.717) is 50.5 Å². The van der Waals surface area contributed by atoms with Gasteiger partial charge in [0.25, 0.3) is 0 Å². The van der Waals surface area contributed by atoms with E-state index >= 15 is 0 Å². The zero-order valence-corrected chi connectivity index (χ0v) is 23.3. The average Bonchev–Trinajstić information content (AvgIpc) is 3.05.